The van der Waals surface area contributed by atoms with Crippen LogP contribution in [0.5, 0.6) is 0 Å². The van der Waals surface area contributed by atoms with Crippen molar-refractivity contribution < 1.29 is 52.4 Å². The summed E-state index contributed by atoms with van der Waals surface area (Å²) in [7, 11) is 1.16. The number of ketones is 1. The topological polar surface area (TPSA) is 156 Å². The molecule has 1 N–H and O–H groups in total. The van der Waals surface area contributed by atoms with Crippen LogP contribution < -0.4 is 0 Å². The zero-order chi connectivity index (χ0) is 33.3. The van der Waals surface area contributed by atoms with E-state index in [-0.39, 0.29) is 12.0 Å². The molecule has 3 aliphatic carbocycles. The van der Waals surface area contributed by atoms with Crippen molar-refractivity contribution in [1.29, 1.82) is 0 Å². The van der Waals surface area contributed by atoms with Gasteiger partial charge in [0.1, 0.15) is 12.2 Å². The van der Waals surface area contributed by atoms with E-state index in [0.717, 1.165) is 14.0 Å². The third kappa shape index (κ3) is 4.68. The van der Waals surface area contributed by atoms with Gasteiger partial charge in [-0.25, -0.2) is 9.59 Å². The number of carbonyl (C=O) groups excluding carboxylic acids is 5. The maximum atomic E-state index is 14.8. The van der Waals surface area contributed by atoms with Gasteiger partial charge in [0, 0.05) is 40.2 Å². The standard InChI is InChI=1S/C34H42O11/c1-9-17(2)27(37)45-30-31(4,5)25(24(28(38)41-8)43-18(3)35)33(7)21-10-12-32(6)22(20(21)15-34(30,40)29(33)39)14-23(36)44-26(32)19-11-13-42-16-19/h9,11,13,15-16,21-22,24-26,30,40H,10,12,14H2,1-8H3. The second-order valence-electron chi connectivity index (χ2n) is 14.0. The van der Waals surface area contributed by atoms with E-state index in [1.165, 1.54) is 18.6 Å². The van der Waals surface area contributed by atoms with E-state index in [2.05, 4.69) is 0 Å². The van der Waals surface area contributed by atoms with Crippen LogP contribution in [0.1, 0.15) is 79.4 Å². The highest BCUT2D eigenvalue weighted by molar-refractivity contribution is 6.00. The molecular weight excluding hydrogens is 584 g/mol. The molecule has 4 aliphatic rings. The van der Waals surface area contributed by atoms with E-state index in [4.69, 9.17) is 23.4 Å². The van der Waals surface area contributed by atoms with Crippen LogP contribution in [0.15, 0.2) is 46.3 Å². The van der Waals surface area contributed by atoms with Crippen molar-refractivity contribution in [2.45, 2.75) is 91.6 Å². The number of Topliss-reactive ketones (excluding diaryl/α,β-unsaturated/α-hetero) is 1. The molecule has 0 amide bonds. The summed E-state index contributed by atoms with van der Waals surface area (Å²) in [5, 5.41) is 12.6. The molecular formula is C34H42O11. The van der Waals surface area contributed by atoms with E-state index < -0.39 is 87.6 Å². The van der Waals surface area contributed by atoms with Gasteiger partial charge in [-0.15, -0.1) is 0 Å². The van der Waals surface area contributed by atoms with Crippen LogP contribution in [-0.2, 0) is 42.9 Å². The molecule has 11 nitrogen and oxygen atoms in total. The predicted molar refractivity (Wildman–Crippen MR) is 157 cm³/mol. The van der Waals surface area contributed by atoms with Gasteiger partial charge in [-0.3, -0.25) is 14.4 Å². The number of furan rings is 1. The van der Waals surface area contributed by atoms with Crippen molar-refractivity contribution in [3.05, 3.63) is 47.5 Å². The fraction of sp³-hybridized carbons (Fsp3) is 0.618. The molecule has 0 radical (unpaired) electrons. The lowest BCUT2D eigenvalue weighted by atomic mass is 9.39. The van der Waals surface area contributed by atoms with Gasteiger partial charge in [0.2, 0.25) is 6.10 Å². The van der Waals surface area contributed by atoms with Crippen LogP contribution in [-0.4, -0.2) is 59.7 Å². The maximum absolute atomic E-state index is 14.8. The first-order valence-corrected chi connectivity index (χ1v) is 15.3. The van der Waals surface area contributed by atoms with Gasteiger partial charge in [0.05, 0.1) is 26.1 Å². The maximum Gasteiger partial charge on any atom is 0.347 e. The summed E-state index contributed by atoms with van der Waals surface area (Å²) in [5.41, 5.74) is -4.20. The van der Waals surface area contributed by atoms with Crippen LogP contribution >= 0.6 is 0 Å². The quantitative estimate of drug-likeness (QED) is 0.209. The highest BCUT2D eigenvalue weighted by atomic mass is 16.6. The molecule has 2 bridgehead atoms. The summed E-state index contributed by atoms with van der Waals surface area (Å²) in [6.45, 7) is 11.4. The summed E-state index contributed by atoms with van der Waals surface area (Å²) in [6, 6.07) is 1.75. The van der Waals surface area contributed by atoms with E-state index in [0.29, 0.717) is 24.0 Å². The van der Waals surface area contributed by atoms with Crippen LogP contribution in [0.25, 0.3) is 0 Å². The van der Waals surface area contributed by atoms with E-state index >= 15 is 0 Å². The fourth-order valence-corrected chi connectivity index (χ4v) is 9.06. The van der Waals surface area contributed by atoms with Crippen molar-refractivity contribution in [1.82, 2.24) is 0 Å². The Morgan fingerprint density at radius 1 is 1.11 bits per heavy atom. The van der Waals surface area contributed by atoms with Crippen molar-refractivity contribution in [3.63, 3.8) is 0 Å². The van der Waals surface area contributed by atoms with E-state index in [1.807, 2.05) is 6.92 Å². The number of rotatable bonds is 6. The highest BCUT2D eigenvalue weighted by Gasteiger charge is 2.76. The number of ether oxygens (including phenoxy) is 4. The number of aliphatic hydroxyl groups is 1. The summed E-state index contributed by atoms with van der Waals surface area (Å²) >= 11 is 0. The Hall–Kier alpha value is -3.73. The number of carbonyl (C=O) groups is 5. The zero-order valence-corrected chi connectivity index (χ0v) is 27.0. The summed E-state index contributed by atoms with van der Waals surface area (Å²) in [6.07, 6.45) is 3.35. The first-order valence-electron chi connectivity index (χ1n) is 15.3. The lowest BCUT2D eigenvalue weighted by molar-refractivity contribution is -0.238. The SMILES string of the molecule is CC=C(C)C(=O)OC1C2(O)C=C3C4CC(=O)OC(c5ccoc5)C4(C)CCC3C(C)(C2=O)C(C(OC(C)=O)C(=O)OC)C1(C)C. The highest BCUT2D eigenvalue weighted by Crippen LogP contribution is 2.69. The van der Waals surface area contributed by atoms with Crippen molar-refractivity contribution in [2.24, 2.45) is 34.0 Å². The van der Waals surface area contributed by atoms with Crippen molar-refractivity contribution in [2.75, 3.05) is 7.11 Å². The molecule has 2 heterocycles. The van der Waals surface area contributed by atoms with Gasteiger partial charge < -0.3 is 28.5 Å². The van der Waals surface area contributed by atoms with Crippen molar-refractivity contribution >= 4 is 29.7 Å². The van der Waals surface area contributed by atoms with Gasteiger partial charge in [0.15, 0.2) is 11.4 Å². The molecule has 11 heteroatoms. The molecule has 9 atom stereocenters. The molecule has 9 unspecified atom stereocenters. The third-order valence-corrected chi connectivity index (χ3v) is 11.1. The number of esters is 4. The van der Waals surface area contributed by atoms with Crippen LogP contribution in [0, 0.1) is 34.0 Å². The van der Waals surface area contributed by atoms with Crippen LogP contribution in [0.3, 0.4) is 0 Å². The number of fused-ring (bicyclic) bond motifs is 6. The van der Waals surface area contributed by atoms with E-state index in [9.17, 15) is 29.1 Å². The number of hydrogen-bond donors (Lipinski definition) is 1. The van der Waals surface area contributed by atoms with Gasteiger partial charge >= 0.3 is 23.9 Å². The second kappa shape index (κ2) is 11.0. The first kappa shape index (κ1) is 32.7. The molecule has 1 aliphatic heterocycles. The Morgan fingerprint density at radius 3 is 2.38 bits per heavy atom. The molecule has 3 fully saturated rings. The Kier molecular flexibility index (Phi) is 7.95. The average Bonchev–Trinajstić information content (AvgIpc) is 3.51. The molecule has 244 valence electrons. The van der Waals surface area contributed by atoms with Gasteiger partial charge in [-0.05, 0) is 50.7 Å². The number of methoxy groups -OCH3 is 1. The minimum atomic E-state index is -2.33. The largest absolute Gasteiger partial charge is 0.472 e. The summed E-state index contributed by atoms with van der Waals surface area (Å²) in [4.78, 5) is 67.0. The normalized spacial score (nSPS) is 37.7. The lowest BCUT2D eigenvalue weighted by Crippen LogP contribution is -2.76. The van der Waals surface area contributed by atoms with Gasteiger partial charge in [0.25, 0.3) is 0 Å². The van der Waals surface area contributed by atoms with Crippen LogP contribution in [0.2, 0.25) is 0 Å². The average molecular weight is 627 g/mol. The summed E-state index contributed by atoms with van der Waals surface area (Å²) in [5.74, 6) is -5.63. The number of cyclic esters (lactones) is 1. The summed E-state index contributed by atoms with van der Waals surface area (Å²) < 4.78 is 27.9. The predicted octanol–water partition coefficient (Wildman–Crippen LogP) is 4.19. The zero-order valence-electron chi connectivity index (χ0n) is 27.0. The molecule has 0 spiro atoms. The third-order valence-electron chi connectivity index (χ3n) is 11.1. The van der Waals surface area contributed by atoms with Crippen LogP contribution in [0.4, 0.5) is 0 Å². The Morgan fingerprint density at radius 2 is 1.80 bits per heavy atom. The monoisotopic (exact) mass is 626 g/mol. The molecule has 1 aromatic rings. The molecule has 1 aromatic heterocycles. The Bertz CT molecular complexity index is 1480. The van der Waals surface area contributed by atoms with E-state index in [1.54, 1.807) is 46.8 Å². The van der Waals surface area contributed by atoms with Gasteiger partial charge in [-0.2, -0.15) is 0 Å². The Balaban J connectivity index is 1.76. The molecule has 0 aromatic carbocycles. The number of allylic oxidation sites excluding steroid dienone is 2. The minimum Gasteiger partial charge on any atom is -0.472 e. The smallest absolute Gasteiger partial charge is 0.347 e. The number of hydrogen-bond acceptors (Lipinski definition) is 11. The second-order valence-corrected chi connectivity index (χ2v) is 14.0. The lowest BCUT2D eigenvalue weighted by Gasteiger charge is -2.66. The molecule has 5 rings (SSSR count). The molecule has 1 saturated heterocycles. The minimum absolute atomic E-state index is 0.00585. The molecule has 45 heavy (non-hydrogen) atoms. The van der Waals surface area contributed by atoms with Crippen molar-refractivity contribution in [3.8, 4) is 0 Å². The fourth-order valence-electron chi connectivity index (χ4n) is 9.06. The molecule has 2 saturated carbocycles. The Labute approximate surface area is 262 Å². The van der Waals surface area contributed by atoms with Gasteiger partial charge in [-0.1, -0.05) is 39.3 Å². The first-order chi connectivity index (χ1) is 21.0.